The molecule has 7 heteroatoms. The van der Waals surface area contributed by atoms with Gasteiger partial charge in [0.1, 0.15) is 5.75 Å². The second kappa shape index (κ2) is 9.13. The molecule has 0 unspecified atom stereocenters. The van der Waals surface area contributed by atoms with Crippen molar-refractivity contribution in [1.82, 2.24) is 9.55 Å². The number of carbonyl (C=O) groups excluding carboxylic acids is 1. The average Bonchev–Trinajstić information content (AvgIpc) is 2.69. The summed E-state index contributed by atoms with van der Waals surface area (Å²) >= 11 is 1.28. The lowest BCUT2D eigenvalue weighted by Gasteiger charge is -2.18. The molecular formula is C22H25N3O3S. The summed E-state index contributed by atoms with van der Waals surface area (Å²) < 4.78 is 7.06. The lowest BCUT2D eigenvalue weighted by atomic mass is 10.2. The van der Waals surface area contributed by atoms with Gasteiger partial charge in [0, 0.05) is 11.7 Å². The maximum Gasteiger partial charge on any atom is 0.262 e. The van der Waals surface area contributed by atoms with Crippen LogP contribution in [0, 0.1) is 0 Å². The van der Waals surface area contributed by atoms with Gasteiger partial charge in [-0.15, -0.1) is 0 Å². The molecule has 0 spiro atoms. The van der Waals surface area contributed by atoms with Crippen LogP contribution >= 0.6 is 11.8 Å². The van der Waals surface area contributed by atoms with E-state index < -0.39 is 5.25 Å². The first-order valence-corrected chi connectivity index (χ1v) is 10.5. The zero-order valence-corrected chi connectivity index (χ0v) is 17.8. The Balaban J connectivity index is 1.81. The van der Waals surface area contributed by atoms with Gasteiger partial charge in [-0.3, -0.25) is 14.2 Å². The molecule has 29 heavy (non-hydrogen) atoms. The standard InChI is InChI=1S/C22H25N3O3S/c1-5-28-17-12-10-16(11-13-17)23-20(26)15(4)29-22-24-19-9-7-6-8-18(19)21(27)25(22)14(2)3/h6-15H,5H2,1-4H3,(H,23,26)/t15-/m0/s1. The number of para-hydroxylation sites is 1. The summed E-state index contributed by atoms with van der Waals surface area (Å²) in [4.78, 5) is 30.2. The Hall–Kier alpha value is -2.80. The van der Waals surface area contributed by atoms with Crippen LogP contribution in [0.25, 0.3) is 10.9 Å². The maximum absolute atomic E-state index is 12.9. The van der Waals surface area contributed by atoms with Crippen LogP contribution in [0.2, 0.25) is 0 Å². The van der Waals surface area contributed by atoms with Gasteiger partial charge in [0.05, 0.1) is 22.8 Å². The van der Waals surface area contributed by atoms with Gasteiger partial charge in [0.25, 0.3) is 5.56 Å². The third-order valence-electron chi connectivity index (χ3n) is 4.38. The van der Waals surface area contributed by atoms with Gasteiger partial charge in [-0.05, 0) is 64.1 Å². The monoisotopic (exact) mass is 411 g/mol. The Kier molecular flexibility index (Phi) is 6.59. The zero-order valence-electron chi connectivity index (χ0n) is 17.0. The predicted molar refractivity (Wildman–Crippen MR) is 118 cm³/mol. The highest BCUT2D eigenvalue weighted by Gasteiger charge is 2.20. The minimum atomic E-state index is -0.431. The highest BCUT2D eigenvalue weighted by molar-refractivity contribution is 8.00. The number of carbonyl (C=O) groups is 1. The Morgan fingerprint density at radius 1 is 1.14 bits per heavy atom. The molecule has 1 aromatic heterocycles. The molecule has 0 aliphatic carbocycles. The van der Waals surface area contributed by atoms with Crippen LogP contribution in [-0.2, 0) is 4.79 Å². The molecule has 1 atom stereocenters. The molecule has 0 aliphatic rings. The summed E-state index contributed by atoms with van der Waals surface area (Å²) in [5.74, 6) is 0.603. The number of rotatable bonds is 7. The van der Waals surface area contributed by atoms with Crippen LogP contribution in [0.5, 0.6) is 5.75 Å². The van der Waals surface area contributed by atoms with Crippen LogP contribution in [-0.4, -0.2) is 27.3 Å². The number of nitrogens with zero attached hydrogens (tertiary/aromatic N) is 2. The minimum Gasteiger partial charge on any atom is -0.494 e. The van der Waals surface area contributed by atoms with Crippen molar-refractivity contribution < 1.29 is 9.53 Å². The van der Waals surface area contributed by atoms with Gasteiger partial charge >= 0.3 is 0 Å². The van der Waals surface area contributed by atoms with Crippen molar-refractivity contribution >= 4 is 34.3 Å². The van der Waals surface area contributed by atoms with E-state index in [-0.39, 0.29) is 17.5 Å². The van der Waals surface area contributed by atoms with Gasteiger partial charge < -0.3 is 10.1 Å². The summed E-state index contributed by atoms with van der Waals surface area (Å²) in [6.45, 7) is 8.20. The molecule has 0 saturated heterocycles. The number of aromatic nitrogens is 2. The van der Waals surface area contributed by atoms with E-state index in [0.29, 0.717) is 28.4 Å². The van der Waals surface area contributed by atoms with Crippen molar-refractivity contribution in [3.63, 3.8) is 0 Å². The number of hydrogen-bond acceptors (Lipinski definition) is 5. The second-order valence-corrected chi connectivity index (χ2v) is 8.20. The number of hydrogen-bond donors (Lipinski definition) is 1. The summed E-state index contributed by atoms with van der Waals surface area (Å²) in [6, 6.07) is 14.5. The third kappa shape index (κ3) is 4.79. The molecule has 0 aliphatic heterocycles. The van der Waals surface area contributed by atoms with Crippen LogP contribution < -0.4 is 15.6 Å². The first-order chi connectivity index (χ1) is 13.9. The molecule has 0 radical (unpaired) electrons. The molecule has 6 nitrogen and oxygen atoms in total. The summed E-state index contributed by atoms with van der Waals surface area (Å²) in [5.41, 5.74) is 1.24. The lowest BCUT2D eigenvalue weighted by Crippen LogP contribution is -2.28. The Bertz CT molecular complexity index is 1060. The van der Waals surface area contributed by atoms with E-state index in [1.54, 1.807) is 29.7 Å². The highest BCUT2D eigenvalue weighted by Crippen LogP contribution is 2.26. The Labute approximate surface area is 174 Å². The van der Waals surface area contributed by atoms with Crippen molar-refractivity contribution in [2.45, 2.75) is 44.1 Å². The number of anilines is 1. The van der Waals surface area contributed by atoms with Gasteiger partial charge in [0.15, 0.2) is 5.16 Å². The largest absolute Gasteiger partial charge is 0.494 e. The highest BCUT2D eigenvalue weighted by atomic mass is 32.2. The molecule has 1 N–H and O–H groups in total. The van der Waals surface area contributed by atoms with Gasteiger partial charge in [-0.1, -0.05) is 23.9 Å². The van der Waals surface area contributed by atoms with Crippen molar-refractivity contribution in [3.8, 4) is 5.75 Å². The minimum absolute atomic E-state index is 0.0662. The molecule has 0 fully saturated rings. The van der Waals surface area contributed by atoms with E-state index in [2.05, 4.69) is 10.3 Å². The summed E-state index contributed by atoms with van der Waals surface area (Å²) in [5, 5.41) is 3.59. The van der Waals surface area contributed by atoms with Crippen molar-refractivity contribution in [2.75, 3.05) is 11.9 Å². The van der Waals surface area contributed by atoms with Crippen LogP contribution in [0.1, 0.15) is 33.7 Å². The SMILES string of the molecule is CCOc1ccc(NC(=O)[C@H](C)Sc2nc3ccccc3c(=O)n2C(C)C)cc1. The Morgan fingerprint density at radius 3 is 2.48 bits per heavy atom. The molecule has 2 aromatic carbocycles. The first-order valence-electron chi connectivity index (χ1n) is 9.62. The smallest absolute Gasteiger partial charge is 0.262 e. The Morgan fingerprint density at radius 2 is 1.83 bits per heavy atom. The van der Waals surface area contributed by atoms with Crippen molar-refractivity contribution in [1.29, 1.82) is 0 Å². The number of nitrogens with one attached hydrogen (secondary N) is 1. The van der Waals surface area contributed by atoms with E-state index >= 15 is 0 Å². The van der Waals surface area contributed by atoms with E-state index in [1.165, 1.54) is 11.8 Å². The van der Waals surface area contributed by atoms with Gasteiger partial charge in [-0.25, -0.2) is 4.98 Å². The topological polar surface area (TPSA) is 73.2 Å². The fourth-order valence-corrected chi connectivity index (χ4v) is 3.96. The molecule has 1 heterocycles. The van der Waals surface area contributed by atoms with Gasteiger partial charge in [-0.2, -0.15) is 0 Å². The molecule has 0 bridgehead atoms. The maximum atomic E-state index is 12.9. The van der Waals surface area contributed by atoms with E-state index in [1.807, 2.05) is 51.1 Å². The van der Waals surface area contributed by atoms with E-state index in [9.17, 15) is 9.59 Å². The third-order valence-corrected chi connectivity index (χ3v) is 5.44. The molecular weight excluding hydrogens is 386 g/mol. The summed E-state index contributed by atoms with van der Waals surface area (Å²) in [6.07, 6.45) is 0. The van der Waals surface area contributed by atoms with Gasteiger partial charge in [0.2, 0.25) is 5.91 Å². The molecule has 3 rings (SSSR count). The van der Waals surface area contributed by atoms with Crippen LogP contribution in [0.15, 0.2) is 58.5 Å². The number of ether oxygens (including phenoxy) is 1. The fourth-order valence-electron chi connectivity index (χ4n) is 2.92. The van der Waals surface area contributed by atoms with Crippen molar-refractivity contribution in [2.24, 2.45) is 0 Å². The predicted octanol–water partition coefficient (Wildman–Crippen LogP) is 4.50. The zero-order chi connectivity index (χ0) is 21.0. The molecule has 1 amide bonds. The van der Waals surface area contributed by atoms with Crippen molar-refractivity contribution in [3.05, 3.63) is 58.9 Å². The number of benzene rings is 2. The lowest BCUT2D eigenvalue weighted by molar-refractivity contribution is -0.115. The molecule has 0 saturated carbocycles. The quantitative estimate of drug-likeness (QED) is 0.458. The molecule has 152 valence electrons. The fraction of sp³-hybridized carbons (Fsp3) is 0.318. The van der Waals surface area contributed by atoms with Crippen LogP contribution in [0.4, 0.5) is 5.69 Å². The number of thioether (sulfide) groups is 1. The average molecular weight is 412 g/mol. The van der Waals surface area contributed by atoms with E-state index in [4.69, 9.17) is 4.74 Å². The number of fused-ring (bicyclic) bond motifs is 1. The van der Waals surface area contributed by atoms with E-state index in [0.717, 1.165) is 5.75 Å². The second-order valence-electron chi connectivity index (χ2n) is 6.89. The normalized spacial score (nSPS) is 12.2. The molecule has 3 aromatic rings. The first kappa shape index (κ1) is 20.9. The van der Waals surface area contributed by atoms with Crippen LogP contribution in [0.3, 0.4) is 0 Å². The number of amides is 1. The summed E-state index contributed by atoms with van der Waals surface area (Å²) in [7, 11) is 0.